The lowest BCUT2D eigenvalue weighted by Crippen LogP contribution is -2.02. The van der Waals surface area contributed by atoms with Gasteiger partial charge in [0.2, 0.25) is 0 Å². The molecule has 2 rings (SSSR count). The summed E-state index contributed by atoms with van der Waals surface area (Å²) in [7, 11) is 1.64. The van der Waals surface area contributed by atoms with Gasteiger partial charge in [0.25, 0.3) is 0 Å². The van der Waals surface area contributed by atoms with Crippen molar-refractivity contribution in [3.8, 4) is 11.5 Å². The molecule has 0 amide bonds. The highest BCUT2D eigenvalue weighted by molar-refractivity contribution is 5.80. The summed E-state index contributed by atoms with van der Waals surface area (Å²) in [5, 5.41) is 0. The van der Waals surface area contributed by atoms with E-state index < -0.39 is 0 Å². The number of ether oxygens (including phenoxy) is 2. The van der Waals surface area contributed by atoms with Crippen molar-refractivity contribution in [3.63, 3.8) is 0 Å². The van der Waals surface area contributed by atoms with Gasteiger partial charge in [-0.2, -0.15) is 0 Å². The van der Waals surface area contributed by atoms with Gasteiger partial charge in [-0.3, -0.25) is 4.79 Å². The summed E-state index contributed by atoms with van der Waals surface area (Å²) in [5.74, 6) is 1.83. The number of hydrogen-bond donors (Lipinski definition) is 0. The number of hydrogen-bond acceptors (Lipinski definition) is 3. The van der Waals surface area contributed by atoms with Crippen LogP contribution in [-0.4, -0.2) is 13.4 Å². The first-order valence-corrected chi connectivity index (χ1v) is 7.40. The molecule has 3 heteroatoms. The Labute approximate surface area is 131 Å². The zero-order valence-electron chi connectivity index (χ0n) is 13.6. The van der Waals surface area contributed by atoms with Crippen LogP contribution in [-0.2, 0) is 6.61 Å². The molecule has 0 spiro atoms. The maximum absolute atomic E-state index is 11.3. The van der Waals surface area contributed by atoms with Crippen LogP contribution in [0.1, 0.15) is 46.8 Å². The Bertz CT molecular complexity index is 642. The number of benzene rings is 2. The molecule has 22 heavy (non-hydrogen) atoms. The smallest absolute Gasteiger partial charge is 0.153 e. The van der Waals surface area contributed by atoms with E-state index in [1.807, 2.05) is 43.3 Å². The summed E-state index contributed by atoms with van der Waals surface area (Å²) in [6.07, 6.45) is 0.856. The van der Waals surface area contributed by atoms with Crippen molar-refractivity contribution >= 4 is 6.29 Å². The van der Waals surface area contributed by atoms with Crippen LogP contribution in [0.25, 0.3) is 0 Å². The second-order valence-electron chi connectivity index (χ2n) is 5.66. The molecule has 0 atom stereocenters. The Hall–Kier alpha value is -2.29. The van der Waals surface area contributed by atoms with Crippen LogP contribution < -0.4 is 9.47 Å². The van der Waals surface area contributed by atoms with Crippen LogP contribution in [0.3, 0.4) is 0 Å². The summed E-state index contributed by atoms with van der Waals surface area (Å²) in [4.78, 5) is 11.3. The first kappa shape index (κ1) is 16.1. The fourth-order valence-electron chi connectivity index (χ4n) is 2.44. The monoisotopic (exact) mass is 298 g/mol. The summed E-state index contributed by atoms with van der Waals surface area (Å²) in [5.41, 5.74) is 3.95. The van der Waals surface area contributed by atoms with Crippen molar-refractivity contribution in [1.82, 2.24) is 0 Å². The molecular weight excluding hydrogens is 276 g/mol. The summed E-state index contributed by atoms with van der Waals surface area (Å²) >= 11 is 0. The molecule has 2 aromatic carbocycles. The van der Waals surface area contributed by atoms with Crippen LogP contribution in [0.15, 0.2) is 36.4 Å². The molecule has 0 aromatic heterocycles. The van der Waals surface area contributed by atoms with Crippen molar-refractivity contribution in [2.45, 2.75) is 33.3 Å². The SMILES string of the molecule is COc1ccc(COc2cc(C)c(C(C)C)cc2C=O)cc1. The van der Waals surface area contributed by atoms with E-state index in [9.17, 15) is 4.79 Å². The van der Waals surface area contributed by atoms with Gasteiger partial charge in [0.05, 0.1) is 12.7 Å². The summed E-state index contributed by atoms with van der Waals surface area (Å²) < 4.78 is 11.0. The molecule has 2 aromatic rings. The molecule has 3 nitrogen and oxygen atoms in total. The third-order valence-corrected chi connectivity index (χ3v) is 3.70. The predicted octanol–water partition coefficient (Wildman–Crippen LogP) is 4.52. The first-order chi connectivity index (χ1) is 10.5. The second-order valence-corrected chi connectivity index (χ2v) is 5.66. The lowest BCUT2D eigenvalue weighted by molar-refractivity contribution is 0.111. The predicted molar refractivity (Wildman–Crippen MR) is 88.0 cm³/mol. The Kier molecular flexibility index (Phi) is 5.21. The quantitative estimate of drug-likeness (QED) is 0.736. The molecule has 0 saturated carbocycles. The van der Waals surface area contributed by atoms with Crippen molar-refractivity contribution in [2.75, 3.05) is 7.11 Å². The highest BCUT2D eigenvalue weighted by Gasteiger charge is 2.11. The van der Waals surface area contributed by atoms with Crippen LogP contribution in [0, 0.1) is 6.92 Å². The average Bonchev–Trinajstić information content (AvgIpc) is 2.53. The third kappa shape index (κ3) is 3.67. The van der Waals surface area contributed by atoms with Gasteiger partial charge >= 0.3 is 0 Å². The van der Waals surface area contributed by atoms with Gasteiger partial charge in [0.1, 0.15) is 18.1 Å². The van der Waals surface area contributed by atoms with E-state index in [0.717, 1.165) is 23.2 Å². The maximum Gasteiger partial charge on any atom is 0.153 e. The molecule has 0 saturated heterocycles. The minimum absolute atomic E-state index is 0.384. The van der Waals surface area contributed by atoms with Crippen LogP contribution >= 0.6 is 0 Å². The minimum atomic E-state index is 0.384. The van der Waals surface area contributed by atoms with Gasteiger partial charge in [0, 0.05) is 0 Å². The van der Waals surface area contributed by atoms with E-state index in [-0.39, 0.29) is 0 Å². The van der Waals surface area contributed by atoms with Gasteiger partial charge in [-0.05, 0) is 53.8 Å². The number of carbonyl (C=O) groups excluding carboxylic acids is 1. The van der Waals surface area contributed by atoms with Crippen molar-refractivity contribution in [2.24, 2.45) is 0 Å². The fraction of sp³-hybridized carbons (Fsp3) is 0.316. The number of methoxy groups -OCH3 is 1. The molecule has 0 bridgehead atoms. The van der Waals surface area contributed by atoms with Gasteiger partial charge < -0.3 is 9.47 Å². The molecular formula is C19H22O3. The van der Waals surface area contributed by atoms with Gasteiger partial charge in [0.15, 0.2) is 6.29 Å². The van der Waals surface area contributed by atoms with E-state index in [1.165, 1.54) is 5.56 Å². The maximum atomic E-state index is 11.3. The van der Waals surface area contributed by atoms with Crippen LogP contribution in [0.4, 0.5) is 0 Å². The summed E-state index contributed by atoms with van der Waals surface area (Å²) in [6.45, 7) is 6.71. The molecule has 0 aliphatic heterocycles. The zero-order valence-corrected chi connectivity index (χ0v) is 13.6. The van der Waals surface area contributed by atoms with Gasteiger partial charge in [-0.25, -0.2) is 0 Å². The number of aryl methyl sites for hydroxylation is 1. The fourth-order valence-corrected chi connectivity index (χ4v) is 2.44. The lowest BCUT2D eigenvalue weighted by atomic mass is 9.95. The third-order valence-electron chi connectivity index (χ3n) is 3.70. The van der Waals surface area contributed by atoms with E-state index in [2.05, 4.69) is 13.8 Å². The molecule has 0 heterocycles. The Morgan fingerprint density at radius 1 is 1.14 bits per heavy atom. The largest absolute Gasteiger partial charge is 0.497 e. The highest BCUT2D eigenvalue weighted by atomic mass is 16.5. The van der Waals surface area contributed by atoms with Crippen LogP contribution in [0.5, 0.6) is 11.5 Å². The number of aldehydes is 1. The molecule has 0 unspecified atom stereocenters. The van der Waals surface area contributed by atoms with E-state index in [1.54, 1.807) is 7.11 Å². The highest BCUT2D eigenvalue weighted by Crippen LogP contribution is 2.27. The van der Waals surface area contributed by atoms with Gasteiger partial charge in [-0.15, -0.1) is 0 Å². The Balaban J connectivity index is 2.17. The number of rotatable bonds is 6. The zero-order chi connectivity index (χ0) is 16.1. The van der Waals surface area contributed by atoms with Crippen molar-refractivity contribution in [3.05, 3.63) is 58.7 Å². The molecule has 0 aliphatic rings. The Morgan fingerprint density at radius 3 is 2.36 bits per heavy atom. The van der Waals surface area contributed by atoms with Crippen molar-refractivity contribution in [1.29, 1.82) is 0 Å². The Morgan fingerprint density at radius 2 is 1.82 bits per heavy atom. The molecule has 116 valence electrons. The van der Waals surface area contributed by atoms with E-state index in [0.29, 0.717) is 23.8 Å². The summed E-state index contributed by atoms with van der Waals surface area (Å²) in [6, 6.07) is 11.6. The van der Waals surface area contributed by atoms with Gasteiger partial charge in [-0.1, -0.05) is 26.0 Å². The molecule has 0 aliphatic carbocycles. The minimum Gasteiger partial charge on any atom is -0.497 e. The normalized spacial score (nSPS) is 10.6. The van der Waals surface area contributed by atoms with Crippen molar-refractivity contribution < 1.29 is 14.3 Å². The average molecular weight is 298 g/mol. The molecule has 0 radical (unpaired) electrons. The lowest BCUT2D eigenvalue weighted by Gasteiger charge is -2.15. The van der Waals surface area contributed by atoms with E-state index >= 15 is 0 Å². The number of carbonyl (C=O) groups is 1. The van der Waals surface area contributed by atoms with Crippen LogP contribution in [0.2, 0.25) is 0 Å². The first-order valence-electron chi connectivity index (χ1n) is 7.40. The molecule has 0 N–H and O–H groups in total. The topological polar surface area (TPSA) is 35.5 Å². The standard InChI is InChI=1S/C19H22O3/c1-13(2)18-10-16(11-20)19(9-14(18)3)22-12-15-5-7-17(21-4)8-6-15/h5-11,13H,12H2,1-4H3. The van der Waals surface area contributed by atoms with E-state index in [4.69, 9.17) is 9.47 Å². The molecule has 0 fully saturated rings. The second kappa shape index (κ2) is 7.12.